The normalized spacial score (nSPS) is 23.7. The molecule has 0 aromatic carbocycles. The summed E-state index contributed by atoms with van der Waals surface area (Å²) in [6.45, 7) is 0.949. The van der Waals surface area contributed by atoms with Crippen LogP contribution in [0.15, 0.2) is 12.5 Å². The molecule has 0 atom stereocenters. The fourth-order valence-corrected chi connectivity index (χ4v) is 2.92. The molecular weight excluding hydrogens is 262 g/mol. The number of nitrogens with zero attached hydrogens (tertiary/aromatic N) is 4. The van der Waals surface area contributed by atoms with Gasteiger partial charge in [0.1, 0.15) is 12.1 Å². The van der Waals surface area contributed by atoms with E-state index in [1.54, 1.807) is 11.0 Å². The predicted octanol–water partition coefficient (Wildman–Crippen LogP) is 2.57. The van der Waals surface area contributed by atoms with Crippen LogP contribution in [0.5, 0.6) is 0 Å². The van der Waals surface area contributed by atoms with Gasteiger partial charge in [-0.15, -0.1) is 11.6 Å². The molecule has 0 bridgehead atoms. The van der Waals surface area contributed by atoms with Crippen LogP contribution in [0.1, 0.15) is 25.7 Å². The van der Waals surface area contributed by atoms with Crippen molar-refractivity contribution in [3.63, 3.8) is 0 Å². The lowest BCUT2D eigenvalue weighted by atomic mass is 9.89. The summed E-state index contributed by atoms with van der Waals surface area (Å²) >= 11 is 6.13. The van der Waals surface area contributed by atoms with Crippen LogP contribution in [0.3, 0.4) is 0 Å². The van der Waals surface area contributed by atoms with Gasteiger partial charge in [-0.05, 0) is 31.6 Å². The number of hydrogen-bond donors (Lipinski definition) is 1. The van der Waals surface area contributed by atoms with Gasteiger partial charge < -0.3 is 5.32 Å². The second kappa shape index (κ2) is 5.33. The van der Waals surface area contributed by atoms with E-state index in [-0.39, 0.29) is 0 Å². The smallest absolute Gasteiger partial charge is 0.163 e. The Labute approximate surface area is 117 Å². The van der Waals surface area contributed by atoms with Crippen molar-refractivity contribution >= 4 is 28.5 Å². The molecule has 5 nitrogen and oxygen atoms in total. The molecule has 0 saturated heterocycles. The Kier molecular flexibility index (Phi) is 3.55. The molecule has 3 rings (SSSR count). The second-order valence-corrected chi connectivity index (χ2v) is 5.84. The van der Waals surface area contributed by atoms with Crippen molar-refractivity contribution in [3.8, 4) is 0 Å². The molecule has 19 heavy (non-hydrogen) atoms. The lowest BCUT2D eigenvalue weighted by Gasteiger charge is -2.25. The summed E-state index contributed by atoms with van der Waals surface area (Å²) in [4.78, 5) is 8.56. The van der Waals surface area contributed by atoms with E-state index < -0.39 is 0 Å². The topological polar surface area (TPSA) is 55.6 Å². The summed E-state index contributed by atoms with van der Waals surface area (Å²) in [7, 11) is 1.89. The van der Waals surface area contributed by atoms with Crippen LogP contribution in [0.2, 0.25) is 0 Å². The monoisotopic (exact) mass is 279 g/mol. The van der Waals surface area contributed by atoms with Crippen LogP contribution in [-0.2, 0) is 7.05 Å². The molecule has 0 amide bonds. The van der Waals surface area contributed by atoms with E-state index in [0.717, 1.165) is 36.2 Å². The zero-order chi connectivity index (χ0) is 13.2. The first kappa shape index (κ1) is 12.7. The molecule has 0 aliphatic heterocycles. The fraction of sp³-hybridized carbons (Fsp3) is 0.615. The van der Waals surface area contributed by atoms with Crippen LogP contribution in [0, 0.1) is 5.92 Å². The lowest BCUT2D eigenvalue weighted by Crippen LogP contribution is -2.21. The van der Waals surface area contributed by atoms with Crippen LogP contribution >= 0.6 is 11.6 Å². The van der Waals surface area contributed by atoms with Crippen LogP contribution in [0.4, 0.5) is 5.82 Å². The first-order chi connectivity index (χ1) is 9.24. The zero-order valence-electron chi connectivity index (χ0n) is 11.0. The van der Waals surface area contributed by atoms with E-state index in [1.165, 1.54) is 12.8 Å². The molecule has 0 spiro atoms. The van der Waals surface area contributed by atoms with E-state index in [1.807, 2.05) is 13.2 Å². The minimum Gasteiger partial charge on any atom is -0.369 e. The van der Waals surface area contributed by atoms with E-state index in [9.17, 15) is 0 Å². The number of aromatic nitrogens is 4. The maximum absolute atomic E-state index is 6.13. The number of anilines is 1. The number of nitrogens with one attached hydrogen (secondary N) is 1. The molecule has 2 aromatic heterocycles. The number of fused-ring (bicyclic) bond motifs is 1. The first-order valence-electron chi connectivity index (χ1n) is 6.74. The summed E-state index contributed by atoms with van der Waals surface area (Å²) in [5.41, 5.74) is 0.863. The molecule has 2 aromatic rings. The standard InChI is InChI=1S/C13H18ClN5/c1-19-13-11(7-18-19)12(16-8-17-13)15-6-9-2-4-10(14)5-3-9/h7-10H,2-6H2,1H3,(H,15,16,17). The molecule has 0 radical (unpaired) electrons. The maximum atomic E-state index is 6.13. The number of alkyl halides is 1. The highest BCUT2D eigenvalue weighted by Crippen LogP contribution is 2.28. The molecular formula is C13H18ClN5. The van der Waals surface area contributed by atoms with E-state index in [4.69, 9.17) is 11.6 Å². The molecule has 1 aliphatic rings. The third-order valence-electron chi connectivity index (χ3n) is 3.86. The summed E-state index contributed by atoms with van der Waals surface area (Å²) in [6.07, 6.45) is 8.04. The average Bonchev–Trinajstić information content (AvgIpc) is 2.81. The van der Waals surface area contributed by atoms with Gasteiger partial charge in [-0.1, -0.05) is 0 Å². The summed E-state index contributed by atoms with van der Waals surface area (Å²) in [5, 5.41) is 9.01. The molecule has 1 saturated carbocycles. The first-order valence-corrected chi connectivity index (χ1v) is 7.18. The van der Waals surface area contributed by atoms with Crippen molar-refractivity contribution in [2.75, 3.05) is 11.9 Å². The maximum Gasteiger partial charge on any atom is 0.163 e. The molecule has 1 aliphatic carbocycles. The van der Waals surface area contributed by atoms with Gasteiger partial charge in [0.05, 0.1) is 11.6 Å². The molecule has 1 N–H and O–H groups in total. The van der Waals surface area contributed by atoms with E-state index in [0.29, 0.717) is 11.3 Å². The van der Waals surface area contributed by atoms with Gasteiger partial charge in [0.2, 0.25) is 0 Å². The Hall–Kier alpha value is -1.36. The van der Waals surface area contributed by atoms with Crippen LogP contribution in [0.25, 0.3) is 11.0 Å². The second-order valence-electron chi connectivity index (χ2n) is 5.23. The average molecular weight is 280 g/mol. The van der Waals surface area contributed by atoms with Crippen LogP contribution in [-0.4, -0.2) is 31.7 Å². The highest BCUT2D eigenvalue weighted by molar-refractivity contribution is 6.20. The minimum atomic E-state index is 0.375. The van der Waals surface area contributed by atoms with Crippen LogP contribution < -0.4 is 5.32 Å². The predicted molar refractivity (Wildman–Crippen MR) is 76.4 cm³/mol. The Morgan fingerprint density at radius 3 is 2.89 bits per heavy atom. The van der Waals surface area contributed by atoms with E-state index in [2.05, 4.69) is 20.4 Å². The highest BCUT2D eigenvalue weighted by Gasteiger charge is 2.19. The Balaban J connectivity index is 1.68. The Bertz CT molecular complexity index is 559. The molecule has 102 valence electrons. The van der Waals surface area contributed by atoms with Crippen molar-refractivity contribution in [2.45, 2.75) is 31.1 Å². The fourth-order valence-electron chi connectivity index (χ4n) is 2.67. The molecule has 1 fully saturated rings. The Morgan fingerprint density at radius 2 is 2.11 bits per heavy atom. The van der Waals surface area contributed by atoms with Crippen molar-refractivity contribution in [1.82, 2.24) is 19.7 Å². The molecule has 6 heteroatoms. The Morgan fingerprint density at radius 1 is 1.32 bits per heavy atom. The largest absolute Gasteiger partial charge is 0.369 e. The third kappa shape index (κ3) is 2.66. The van der Waals surface area contributed by atoms with Crippen molar-refractivity contribution in [1.29, 1.82) is 0 Å². The minimum absolute atomic E-state index is 0.375. The zero-order valence-corrected chi connectivity index (χ0v) is 11.8. The summed E-state index contributed by atoms with van der Waals surface area (Å²) < 4.78 is 1.76. The number of halogens is 1. The van der Waals surface area contributed by atoms with Crippen molar-refractivity contribution in [3.05, 3.63) is 12.5 Å². The van der Waals surface area contributed by atoms with Gasteiger partial charge in [-0.2, -0.15) is 5.10 Å². The number of hydrogen-bond acceptors (Lipinski definition) is 4. The number of aryl methyl sites for hydroxylation is 1. The molecule has 0 unspecified atom stereocenters. The highest BCUT2D eigenvalue weighted by atomic mass is 35.5. The van der Waals surface area contributed by atoms with Gasteiger partial charge in [0, 0.05) is 19.0 Å². The van der Waals surface area contributed by atoms with Crippen molar-refractivity contribution in [2.24, 2.45) is 13.0 Å². The van der Waals surface area contributed by atoms with Gasteiger partial charge in [0.25, 0.3) is 0 Å². The molecule has 2 heterocycles. The SMILES string of the molecule is Cn1ncc2c(NCC3CCC(Cl)CC3)ncnc21. The van der Waals surface area contributed by atoms with Gasteiger partial charge in [0.15, 0.2) is 5.65 Å². The van der Waals surface area contributed by atoms with Crippen molar-refractivity contribution < 1.29 is 0 Å². The summed E-state index contributed by atoms with van der Waals surface area (Å²) in [6, 6.07) is 0. The quantitative estimate of drug-likeness (QED) is 0.878. The van der Waals surface area contributed by atoms with Gasteiger partial charge >= 0.3 is 0 Å². The van der Waals surface area contributed by atoms with E-state index >= 15 is 0 Å². The van der Waals surface area contributed by atoms with Gasteiger partial charge in [-0.3, -0.25) is 4.68 Å². The van der Waals surface area contributed by atoms with Gasteiger partial charge in [-0.25, -0.2) is 9.97 Å². The number of rotatable bonds is 3. The third-order valence-corrected chi connectivity index (χ3v) is 4.30. The summed E-state index contributed by atoms with van der Waals surface area (Å²) in [5.74, 6) is 1.57. The lowest BCUT2D eigenvalue weighted by molar-refractivity contribution is 0.378.